The Balaban J connectivity index is 2.51. The topological polar surface area (TPSA) is 74.4 Å². The summed E-state index contributed by atoms with van der Waals surface area (Å²) >= 11 is 4.59. The molecule has 0 radical (unpaired) electrons. The van der Waals surface area contributed by atoms with Crippen molar-refractivity contribution in [3.05, 3.63) is 28.4 Å². The largest absolute Gasteiger partial charge is 0.496 e. The fourth-order valence-electron chi connectivity index (χ4n) is 1.53. The van der Waals surface area contributed by atoms with Gasteiger partial charge in [-0.25, -0.2) is 9.78 Å². The molecule has 1 aromatic heterocycles. The zero-order valence-electron chi connectivity index (χ0n) is 10.3. The predicted octanol–water partition coefficient (Wildman–Crippen LogP) is 2.95. The third kappa shape index (κ3) is 2.71. The van der Waals surface area contributed by atoms with Gasteiger partial charge in [0, 0.05) is 4.47 Å². The number of methoxy groups -OCH3 is 2. The Morgan fingerprint density at radius 1 is 1.42 bits per heavy atom. The van der Waals surface area contributed by atoms with Gasteiger partial charge in [-0.05, 0) is 18.2 Å². The molecule has 0 amide bonds. The number of esters is 1. The zero-order chi connectivity index (χ0) is 14.0. The molecule has 0 spiro atoms. The van der Waals surface area contributed by atoms with Crippen molar-refractivity contribution in [2.24, 2.45) is 0 Å². The first-order chi connectivity index (χ1) is 9.06. The first-order valence-corrected chi connectivity index (χ1v) is 6.86. The summed E-state index contributed by atoms with van der Waals surface area (Å²) in [6.45, 7) is 0. The second kappa shape index (κ2) is 5.58. The molecule has 0 unspecified atom stereocenters. The highest BCUT2D eigenvalue weighted by Gasteiger charge is 2.19. The molecule has 2 N–H and O–H groups in total. The van der Waals surface area contributed by atoms with E-state index >= 15 is 0 Å². The molecule has 19 heavy (non-hydrogen) atoms. The molecule has 0 bridgehead atoms. The van der Waals surface area contributed by atoms with E-state index in [-0.39, 0.29) is 5.69 Å². The summed E-state index contributed by atoms with van der Waals surface area (Å²) in [4.78, 5) is 15.7. The minimum Gasteiger partial charge on any atom is -0.496 e. The summed E-state index contributed by atoms with van der Waals surface area (Å²) in [5, 5.41) is 0.939. The Bertz CT molecular complexity index is 627. The van der Waals surface area contributed by atoms with Gasteiger partial charge in [-0.1, -0.05) is 27.3 Å². The molecule has 2 aromatic rings. The van der Waals surface area contributed by atoms with Gasteiger partial charge in [-0.15, -0.1) is 0 Å². The summed E-state index contributed by atoms with van der Waals surface area (Å²) in [6.07, 6.45) is 0. The number of ether oxygens (including phenoxy) is 2. The number of carbonyl (C=O) groups excluding carboxylic acids is 1. The molecule has 1 aromatic carbocycles. The first kappa shape index (κ1) is 13.8. The van der Waals surface area contributed by atoms with Gasteiger partial charge in [0.25, 0.3) is 0 Å². The molecule has 2 rings (SSSR count). The second-order valence-corrected chi connectivity index (χ2v) is 5.51. The van der Waals surface area contributed by atoms with Gasteiger partial charge in [0.05, 0.1) is 19.8 Å². The molecule has 5 nitrogen and oxygen atoms in total. The van der Waals surface area contributed by atoms with Crippen LogP contribution in [0.15, 0.2) is 22.7 Å². The lowest BCUT2D eigenvalue weighted by molar-refractivity contribution is 0.0596. The average Bonchev–Trinajstić information content (AvgIpc) is 2.79. The Morgan fingerprint density at radius 2 is 2.16 bits per heavy atom. The van der Waals surface area contributed by atoms with Crippen LogP contribution >= 0.6 is 27.3 Å². The number of hydrogen-bond donors (Lipinski definition) is 1. The standard InChI is InChI=1S/C12H11BrN2O3S/c1-17-8-5-6(13)3-4-7(8)11-15-9(10(14)19-11)12(16)18-2/h3-5H,14H2,1-2H3. The average molecular weight is 343 g/mol. The zero-order valence-corrected chi connectivity index (χ0v) is 12.7. The van der Waals surface area contributed by atoms with Crippen LogP contribution in [0, 0.1) is 0 Å². The van der Waals surface area contributed by atoms with Gasteiger partial charge in [0.15, 0.2) is 5.69 Å². The summed E-state index contributed by atoms with van der Waals surface area (Å²) < 4.78 is 10.8. The molecule has 0 aliphatic carbocycles. The van der Waals surface area contributed by atoms with E-state index in [1.165, 1.54) is 18.4 Å². The minimum absolute atomic E-state index is 0.132. The maximum absolute atomic E-state index is 11.5. The monoisotopic (exact) mass is 342 g/mol. The highest BCUT2D eigenvalue weighted by molar-refractivity contribution is 9.10. The van der Waals surface area contributed by atoms with E-state index < -0.39 is 5.97 Å². The molecular weight excluding hydrogens is 332 g/mol. The minimum atomic E-state index is -0.545. The van der Waals surface area contributed by atoms with Crippen LogP contribution in [0.3, 0.4) is 0 Å². The van der Waals surface area contributed by atoms with Gasteiger partial charge in [-0.2, -0.15) is 0 Å². The van der Waals surface area contributed by atoms with Crippen LogP contribution in [0.2, 0.25) is 0 Å². The number of rotatable bonds is 3. The van der Waals surface area contributed by atoms with Gasteiger partial charge in [0.2, 0.25) is 0 Å². The SMILES string of the molecule is COC(=O)c1nc(-c2ccc(Br)cc2OC)sc1N. The molecule has 0 saturated heterocycles. The lowest BCUT2D eigenvalue weighted by Crippen LogP contribution is -2.04. The number of nitrogens with zero attached hydrogens (tertiary/aromatic N) is 1. The van der Waals surface area contributed by atoms with Gasteiger partial charge < -0.3 is 15.2 Å². The Hall–Kier alpha value is -1.60. The maximum Gasteiger partial charge on any atom is 0.359 e. The summed E-state index contributed by atoms with van der Waals surface area (Å²) in [6, 6.07) is 5.54. The molecule has 0 aliphatic rings. The number of nitrogen functional groups attached to an aromatic ring is 1. The van der Waals surface area contributed by atoms with Crippen molar-refractivity contribution < 1.29 is 14.3 Å². The van der Waals surface area contributed by atoms with Crippen LogP contribution in [-0.2, 0) is 4.74 Å². The van der Waals surface area contributed by atoms with E-state index in [4.69, 9.17) is 10.5 Å². The Morgan fingerprint density at radius 3 is 2.79 bits per heavy atom. The number of thiazole rings is 1. The highest BCUT2D eigenvalue weighted by Crippen LogP contribution is 2.37. The summed E-state index contributed by atoms with van der Waals surface area (Å²) in [5.41, 5.74) is 6.69. The van der Waals surface area contributed by atoms with Crippen LogP contribution in [0.5, 0.6) is 5.75 Å². The maximum atomic E-state index is 11.5. The van der Waals surface area contributed by atoms with E-state index in [0.717, 1.165) is 10.0 Å². The quantitative estimate of drug-likeness (QED) is 0.868. The third-order valence-electron chi connectivity index (χ3n) is 2.43. The van der Waals surface area contributed by atoms with Gasteiger partial charge >= 0.3 is 5.97 Å². The van der Waals surface area contributed by atoms with Crippen molar-refractivity contribution in [2.75, 3.05) is 20.0 Å². The molecule has 0 atom stereocenters. The van der Waals surface area contributed by atoms with Crippen LogP contribution in [-0.4, -0.2) is 25.2 Å². The Kier molecular flexibility index (Phi) is 4.06. The predicted molar refractivity (Wildman–Crippen MR) is 77.6 cm³/mol. The Labute approximate surface area is 122 Å². The van der Waals surface area contributed by atoms with Crippen LogP contribution < -0.4 is 10.5 Å². The normalized spacial score (nSPS) is 10.3. The summed E-state index contributed by atoms with van der Waals surface area (Å²) in [5.74, 6) is 0.107. The fraction of sp³-hybridized carbons (Fsp3) is 0.167. The van der Waals surface area contributed by atoms with Crippen molar-refractivity contribution in [3.8, 4) is 16.3 Å². The number of halogens is 1. The third-order valence-corrected chi connectivity index (χ3v) is 3.84. The van der Waals surface area contributed by atoms with Gasteiger partial charge in [0.1, 0.15) is 15.8 Å². The number of benzene rings is 1. The molecular formula is C12H11BrN2O3S. The molecule has 0 fully saturated rings. The summed E-state index contributed by atoms with van der Waals surface area (Å²) in [7, 11) is 2.87. The number of carbonyl (C=O) groups is 1. The van der Waals surface area contributed by atoms with Crippen molar-refractivity contribution >= 4 is 38.2 Å². The van der Waals surface area contributed by atoms with E-state index in [1.807, 2.05) is 18.2 Å². The molecule has 7 heteroatoms. The van der Waals surface area contributed by atoms with Crippen molar-refractivity contribution in [1.82, 2.24) is 4.98 Å². The van der Waals surface area contributed by atoms with Crippen molar-refractivity contribution in [3.63, 3.8) is 0 Å². The van der Waals surface area contributed by atoms with Crippen LogP contribution in [0.25, 0.3) is 10.6 Å². The lowest BCUT2D eigenvalue weighted by Gasteiger charge is -2.05. The molecule has 100 valence electrons. The first-order valence-electron chi connectivity index (χ1n) is 5.25. The lowest BCUT2D eigenvalue weighted by atomic mass is 10.2. The van der Waals surface area contributed by atoms with E-state index in [2.05, 4.69) is 25.7 Å². The van der Waals surface area contributed by atoms with Crippen LogP contribution in [0.1, 0.15) is 10.5 Å². The fourth-order valence-corrected chi connectivity index (χ4v) is 2.72. The van der Waals surface area contributed by atoms with Crippen molar-refractivity contribution in [2.45, 2.75) is 0 Å². The van der Waals surface area contributed by atoms with Crippen LogP contribution in [0.4, 0.5) is 5.00 Å². The number of nitrogens with two attached hydrogens (primary N) is 1. The number of anilines is 1. The molecule has 0 aliphatic heterocycles. The smallest absolute Gasteiger partial charge is 0.359 e. The van der Waals surface area contributed by atoms with Crippen molar-refractivity contribution in [1.29, 1.82) is 0 Å². The second-order valence-electron chi connectivity index (χ2n) is 3.57. The number of aromatic nitrogens is 1. The van der Waals surface area contributed by atoms with E-state index in [1.54, 1.807) is 7.11 Å². The van der Waals surface area contributed by atoms with Gasteiger partial charge in [-0.3, -0.25) is 0 Å². The molecule has 1 heterocycles. The molecule has 0 saturated carbocycles. The highest BCUT2D eigenvalue weighted by atomic mass is 79.9. The van der Waals surface area contributed by atoms with E-state index in [9.17, 15) is 4.79 Å². The van der Waals surface area contributed by atoms with E-state index in [0.29, 0.717) is 15.8 Å². The number of hydrogen-bond acceptors (Lipinski definition) is 6.